The van der Waals surface area contributed by atoms with Crippen molar-refractivity contribution in [3.63, 3.8) is 0 Å². The van der Waals surface area contributed by atoms with Gasteiger partial charge in [0.25, 0.3) is 0 Å². The lowest BCUT2D eigenvalue weighted by Gasteiger charge is -2.19. The molecule has 0 aliphatic carbocycles. The second-order valence-corrected chi connectivity index (χ2v) is 7.06. The highest BCUT2D eigenvalue weighted by Crippen LogP contribution is 2.17. The van der Waals surface area contributed by atoms with Crippen LogP contribution in [0.4, 0.5) is 5.69 Å². The average Bonchev–Trinajstić information content (AvgIpc) is 3.40. The van der Waals surface area contributed by atoms with Gasteiger partial charge in [0.15, 0.2) is 12.2 Å². The first-order chi connectivity index (χ1) is 14.3. The number of aliphatic hydroxyl groups is 2. The van der Waals surface area contributed by atoms with E-state index in [4.69, 9.17) is 30.4 Å². The van der Waals surface area contributed by atoms with Gasteiger partial charge in [-0.2, -0.15) is 4.99 Å². The molecule has 2 aliphatic rings. The van der Waals surface area contributed by atoms with E-state index in [0.29, 0.717) is 0 Å². The SMILES string of the molecule is CN1CCCC1=NC(=Nc1ccccc1)N1CCCC1.O=C(O)C(O)C(O)C(=O)O. The third kappa shape index (κ3) is 6.82. The van der Waals surface area contributed by atoms with Crippen LogP contribution in [0.15, 0.2) is 40.3 Å². The number of guanidine groups is 1. The van der Waals surface area contributed by atoms with Crippen LogP contribution >= 0.6 is 0 Å². The predicted octanol–water partition coefficient (Wildman–Crippen LogP) is 0.771. The molecule has 0 aromatic heterocycles. The zero-order valence-electron chi connectivity index (χ0n) is 16.9. The van der Waals surface area contributed by atoms with Crippen LogP contribution in [-0.2, 0) is 9.59 Å². The normalized spacial score (nSPS) is 20.0. The summed E-state index contributed by atoms with van der Waals surface area (Å²) in [5.41, 5.74) is 0.986. The van der Waals surface area contributed by atoms with E-state index in [9.17, 15) is 9.59 Å². The number of carboxylic acids is 2. The summed E-state index contributed by atoms with van der Waals surface area (Å²) >= 11 is 0. The number of benzene rings is 1. The number of aliphatic carboxylic acids is 2. The monoisotopic (exact) mass is 420 g/mol. The smallest absolute Gasteiger partial charge is 0.335 e. The van der Waals surface area contributed by atoms with Gasteiger partial charge in [-0.15, -0.1) is 0 Å². The van der Waals surface area contributed by atoms with Gasteiger partial charge in [0.2, 0.25) is 5.96 Å². The molecule has 1 aromatic rings. The Morgan fingerprint density at radius 3 is 1.97 bits per heavy atom. The lowest BCUT2D eigenvalue weighted by atomic mass is 10.2. The van der Waals surface area contributed by atoms with Crippen molar-refractivity contribution >= 4 is 29.4 Å². The van der Waals surface area contributed by atoms with Crippen molar-refractivity contribution in [3.8, 4) is 0 Å². The molecule has 30 heavy (non-hydrogen) atoms. The van der Waals surface area contributed by atoms with Gasteiger partial charge in [-0.05, 0) is 31.4 Å². The van der Waals surface area contributed by atoms with Crippen LogP contribution in [0.1, 0.15) is 25.7 Å². The van der Waals surface area contributed by atoms with Crippen LogP contribution in [0.2, 0.25) is 0 Å². The van der Waals surface area contributed by atoms with E-state index < -0.39 is 24.1 Å². The van der Waals surface area contributed by atoms with E-state index >= 15 is 0 Å². The number of hydrogen-bond donors (Lipinski definition) is 4. The molecule has 2 saturated heterocycles. The van der Waals surface area contributed by atoms with Crippen molar-refractivity contribution in [1.29, 1.82) is 0 Å². The lowest BCUT2D eigenvalue weighted by molar-refractivity contribution is -0.165. The number of likely N-dealkylation sites (tertiary alicyclic amines) is 2. The molecule has 10 heteroatoms. The molecule has 1 aromatic carbocycles. The van der Waals surface area contributed by atoms with Crippen molar-refractivity contribution in [2.75, 3.05) is 26.7 Å². The van der Waals surface area contributed by atoms with E-state index in [1.54, 1.807) is 0 Å². The van der Waals surface area contributed by atoms with Gasteiger partial charge in [0, 0.05) is 33.1 Å². The van der Waals surface area contributed by atoms with E-state index in [1.165, 1.54) is 25.1 Å². The average molecular weight is 420 g/mol. The molecular weight excluding hydrogens is 392 g/mol. The van der Waals surface area contributed by atoms with Crippen molar-refractivity contribution in [2.24, 2.45) is 9.98 Å². The molecule has 3 rings (SSSR count). The number of amidine groups is 1. The molecule has 0 saturated carbocycles. The van der Waals surface area contributed by atoms with Gasteiger partial charge in [0.1, 0.15) is 5.84 Å². The number of para-hydroxylation sites is 1. The highest BCUT2D eigenvalue weighted by atomic mass is 16.4. The Balaban J connectivity index is 0.000000274. The minimum Gasteiger partial charge on any atom is -0.479 e. The summed E-state index contributed by atoms with van der Waals surface area (Å²) in [6, 6.07) is 10.1. The first-order valence-corrected chi connectivity index (χ1v) is 9.78. The molecule has 10 nitrogen and oxygen atoms in total. The zero-order valence-corrected chi connectivity index (χ0v) is 16.9. The molecular formula is C20H28N4O6. The van der Waals surface area contributed by atoms with Gasteiger partial charge in [-0.3, -0.25) is 0 Å². The van der Waals surface area contributed by atoms with Gasteiger partial charge in [-0.1, -0.05) is 18.2 Å². The molecule has 4 N–H and O–H groups in total. The molecule has 2 unspecified atom stereocenters. The summed E-state index contributed by atoms with van der Waals surface area (Å²) in [4.78, 5) is 33.7. The summed E-state index contributed by atoms with van der Waals surface area (Å²) in [6.45, 7) is 3.26. The van der Waals surface area contributed by atoms with Gasteiger partial charge < -0.3 is 30.2 Å². The van der Waals surface area contributed by atoms with Crippen molar-refractivity contribution in [2.45, 2.75) is 37.9 Å². The topological polar surface area (TPSA) is 146 Å². The molecule has 0 spiro atoms. The Morgan fingerprint density at radius 1 is 0.933 bits per heavy atom. The van der Waals surface area contributed by atoms with Crippen molar-refractivity contribution in [3.05, 3.63) is 30.3 Å². The highest BCUT2D eigenvalue weighted by Gasteiger charge is 2.29. The maximum absolute atomic E-state index is 9.77. The third-order valence-electron chi connectivity index (χ3n) is 4.74. The van der Waals surface area contributed by atoms with E-state index in [0.717, 1.165) is 37.7 Å². The summed E-state index contributed by atoms with van der Waals surface area (Å²) in [5.74, 6) is -1.48. The Labute approximate surface area is 174 Å². The van der Waals surface area contributed by atoms with Crippen molar-refractivity contribution in [1.82, 2.24) is 9.80 Å². The molecule has 2 atom stereocenters. The van der Waals surface area contributed by atoms with E-state index in [-0.39, 0.29) is 0 Å². The summed E-state index contributed by atoms with van der Waals surface area (Å²) in [7, 11) is 2.12. The molecule has 164 valence electrons. The Bertz CT molecular complexity index is 759. The van der Waals surface area contributed by atoms with Crippen LogP contribution in [0, 0.1) is 0 Å². The largest absolute Gasteiger partial charge is 0.479 e. The number of rotatable bonds is 4. The van der Waals surface area contributed by atoms with Gasteiger partial charge in [0.05, 0.1) is 5.69 Å². The molecule has 2 aliphatic heterocycles. The maximum atomic E-state index is 9.77. The number of aliphatic imine (C=N–C) groups is 2. The molecule has 2 fully saturated rings. The third-order valence-corrected chi connectivity index (χ3v) is 4.74. The van der Waals surface area contributed by atoms with E-state index in [1.807, 2.05) is 30.3 Å². The fourth-order valence-corrected chi connectivity index (χ4v) is 3.02. The van der Waals surface area contributed by atoms with E-state index in [2.05, 4.69) is 16.8 Å². The minimum absolute atomic E-state index is 0.887. The molecule has 0 amide bonds. The number of aliphatic hydroxyl groups excluding tert-OH is 2. The second kappa shape index (κ2) is 11.3. The first kappa shape index (κ1) is 23.3. The van der Waals surface area contributed by atoms with Gasteiger partial charge >= 0.3 is 11.9 Å². The fourth-order valence-electron chi connectivity index (χ4n) is 3.02. The van der Waals surface area contributed by atoms with Crippen LogP contribution in [0.5, 0.6) is 0 Å². The lowest BCUT2D eigenvalue weighted by Crippen LogP contribution is -2.39. The Kier molecular flexibility index (Phi) is 8.75. The summed E-state index contributed by atoms with van der Waals surface area (Å²) in [5, 5.41) is 32.5. The van der Waals surface area contributed by atoms with Gasteiger partial charge in [-0.25, -0.2) is 14.6 Å². The first-order valence-electron chi connectivity index (χ1n) is 9.78. The quantitative estimate of drug-likeness (QED) is 0.413. The van der Waals surface area contributed by atoms with Crippen LogP contribution in [-0.4, -0.2) is 92.8 Å². The molecule has 0 bridgehead atoms. The van der Waals surface area contributed by atoms with Crippen LogP contribution < -0.4 is 0 Å². The highest BCUT2D eigenvalue weighted by molar-refractivity contribution is 5.97. The molecule has 0 radical (unpaired) electrons. The number of nitrogens with zero attached hydrogens (tertiary/aromatic N) is 4. The number of carbonyl (C=O) groups is 2. The fraction of sp³-hybridized carbons (Fsp3) is 0.500. The Hall–Kier alpha value is -2.98. The molecule has 2 heterocycles. The zero-order chi connectivity index (χ0) is 22.1. The predicted molar refractivity (Wildman–Crippen MR) is 111 cm³/mol. The number of carboxylic acid groups (broad SMARTS) is 2. The second-order valence-electron chi connectivity index (χ2n) is 7.06. The maximum Gasteiger partial charge on any atom is 0.335 e. The minimum atomic E-state index is -2.27. The van der Waals surface area contributed by atoms with Crippen LogP contribution in [0.25, 0.3) is 0 Å². The van der Waals surface area contributed by atoms with Crippen LogP contribution in [0.3, 0.4) is 0 Å². The Morgan fingerprint density at radius 2 is 1.50 bits per heavy atom. The standard InChI is InChI=1S/C16H22N4.C4H6O6/c1-19-11-7-10-15(19)18-16(20-12-5-6-13-20)17-14-8-3-2-4-9-14;5-1(3(7)8)2(6)4(9)10/h2-4,8-9H,5-7,10-13H2,1H3;1-2,5-6H,(H,7,8)(H,9,10). The summed E-state index contributed by atoms with van der Waals surface area (Å²) < 4.78 is 0. The number of hydrogen-bond acceptors (Lipinski definition) is 5. The van der Waals surface area contributed by atoms with Crippen molar-refractivity contribution < 1.29 is 30.0 Å². The summed E-state index contributed by atoms with van der Waals surface area (Å²) in [6.07, 6.45) is 0.227.